The largest absolute Gasteiger partial charge is 0.454 e. The maximum atomic E-state index is 13.4. The van der Waals surface area contributed by atoms with Crippen LogP contribution in [0.1, 0.15) is 29.2 Å². The van der Waals surface area contributed by atoms with Gasteiger partial charge in [0.1, 0.15) is 0 Å². The molecule has 1 aliphatic carbocycles. The average Bonchev–Trinajstić information content (AvgIpc) is 3.42. The number of carbonyl (C=O) groups is 1. The zero-order valence-corrected chi connectivity index (χ0v) is 16.0. The van der Waals surface area contributed by atoms with Gasteiger partial charge in [-0.25, -0.2) is 0 Å². The van der Waals surface area contributed by atoms with Crippen molar-refractivity contribution in [3.8, 4) is 11.5 Å². The second kappa shape index (κ2) is 7.59. The number of aromatic nitrogens is 1. The number of carbonyl (C=O) groups excluding carboxylic acids is 1. The molecule has 0 saturated heterocycles. The molecule has 2 heterocycles. The second-order valence-corrected chi connectivity index (χ2v) is 7.53. The fourth-order valence-electron chi connectivity index (χ4n) is 3.99. The third-order valence-electron chi connectivity index (χ3n) is 5.57. The molecule has 29 heavy (non-hydrogen) atoms. The van der Waals surface area contributed by atoms with Gasteiger partial charge in [-0.15, -0.1) is 0 Å². The monoisotopic (exact) mass is 386 g/mol. The summed E-state index contributed by atoms with van der Waals surface area (Å²) in [5, 5.41) is 0. The molecular weight excluding hydrogens is 364 g/mol. The summed E-state index contributed by atoms with van der Waals surface area (Å²) in [6.07, 6.45) is 2.66. The lowest BCUT2D eigenvalue weighted by Crippen LogP contribution is -2.32. The summed E-state index contributed by atoms with van der Waals surface area (Å²) in [7, 11) is 0. The first-order valence-corrected chi connectivity index (χ1v) is 9.91. The Balaban J connectivity index is 1.39. The number of nitrogens with zero attached hydrogens (tertiary/aromatic N) is 2. The number of hydrogen-bond acceptors (Lipinski definition) is 4. The van der Waals surface area contributed by atoms with Gasteiger partial charge < -0.3 is 14.4 Å². The molecule has 0 bridgehead atoms. The van der Waals surface area contributed by atoms with Crippen LogP contribution in [0.3, 0.4) is 0 Å². The van der Waals surface area contributed by atoms with Crippen LogP contribution in [0.2, 0.25) is 0 Å². The van der Waals surface area contributed by atoms with Crippen LogP contribution in [-0.4, -0.2) is 22.6 Å². The van der Waals surface area contributed by atoms with Crippen molar-refractivity contribution in [3.05, 3.63) is 89.7 Å². The van der Waals surface area contributed by atoms with Gasteiger partial charge in [0.15, 0.2) is 11.5 Å². The van der Waals surface area contributed by atoms with E-state index in [-0.39, 0.29) is 18.6 Å². The number of para-hydroxylation sites is 1. The minimum Gasteiger partial charge on any atom is -0.454 e. The summed E-state index contributed by atoms with van der Waals surface area (Å²) in [6.45, 7) is 1.17. The maximum Gasteiger partial charge on any atom is 0.231 e. The van der Waals surface area contributed by atoms with Crippen LogP contribution >= 0.6 is 0 Å². The number of fused-ring (bicyclic) bond motifs is 1. The number of ether oxygens (including phenoxy) is 2. The van der Waals surface area contributed by atoms with E-state index in [1.165, 1.54) is 5.56 Å². The topological polar surface area (TPSA) is 51.7 Å². The lowest BCUT2D eigenvalue weighted by molar-refractivity contribution is -0.134. The zero-order valence-electron chi connectivity index (χ0n) is 16.0. The van der Waals surface area contributed by atoms with E-state index >= 15 is 0 Å². The van der Waals surface area contributed by atoms with Crippen molar-refractivity contribution < 1.29 is 14.3 Å². The highest BCUT2D eigenvalue weighted by molar-refractivity contribution is 5.83. The molecule has 2 atom stereocenters. The first-order chi connectivity index (χ1) is 14.3. The van der Waals surface area contributed by atoms with Gasteiger partial charge >= 0.3 is 0 Å². The fraction of sp³-hybridized carbons (Fsp3) is 0.250. The molecule has 2 aromatic carbocycles. The van der Waals surface area contributed by atoms with Gasteiger partial charge in [0.2, 0.25) is 12.7 Å². The van der Waals surface area contributed by atoms with Gasteiger partial charge in [0.25, 0.3) is 0 Å². The Morgan fingerprint density at radius 1 is 0.966 bits per heavy atom. The van der Waals surface area contributed by atoms with E-state index in [1.807, 2.05) is 59.5 Å². The quantitative estimate of drug-likeness (QED) is 0.639. The molecule has 3 aromatic rings. The molecule has 146 valence electrons. The first-order valence-electron chi connectivity index (χ1n) is 9.91. The first kappa shape index (κ1) is 17.7. The van der Waals surface area contributed by atoms with Crippen LogP contribution in [0, 0.1) is 5.92 Å². The molecule has 1 amide bonds. The van der Waals surface area contributed by atoms with Crippen LogP contribution in [0.15, 0.2) is 72.9 Å². The zero-order chi connectivity index (χ0) is 19.6. The molecule has 0 N–H and O–H groups in total. The van der Waals surface area contributed by atoms with Gasteiger partial charge in [0.05, 0.1) is 12.2 Å². The Bertz CT molecular complexity index is 1010. The van der Waals surface area contributed by atoms with Crippen LogP contribution in [0.25, 0.3) is 0 Å². The maximum absolute atomic E-state index is 13.4. The Kier molecular flexibility index (Phi) is 4.64. The van der Waals surface area contributed by atoms with Crippen molar-refractivity contribution in [2.45, 2.75) is 25.4 Å². The van der Waals surface area contributed by atoms with Crippen molar-refractivity contribution in [1.82, 2.24) is 9.88 Å². The Hall–Kier alpha value is -3.34. The van der Waals surface area contributed by atoms with Gasteiger partial charge in [-0.2, -0.15) is 0 Å². The van der Waals surface area contributed by atoms with Gasteiger partial charge in [-0.3, -0.25) is 9.78 Å². The molecule has 0 radical (unpaired) electrons. The molecule has 5 rings (SSSR count). The van der Waals surface area contributed by atoms with Crippen molar-refractivity contribution in [2.24, 2.45) is 5.92 Å². The van der Waals surface area contributed by atoms with Gasteiger partial charge in [-0.05, 0) is 36.1 Å². The molecule has 0 unspecified atom stereocenters. The normalized spacial score (nSPS) is 19.0. The summed E-state index contributed by atoms with van der Waals surface area (Å²) in [6, 6.07) is 21.9. The summed E-state index contributed by atoms with van der Waals surface area (Å²) < 4.78 is 11.1. The van der Waals surface area contributed by atoms with E-state index < -0.39 is 0 Å². The lowest BCUT2D eigenvalue weighted by Gasteiger charge is -2.23. The lowest BCUT2D eigenvalue weighted by atomic mass is 10.1. The summed E-state index contributed by atoms with van der Waals surface area (Å²) in [5.41, 5.74) is 3.07. The Morgan fingerprint density at radius 3 is 2.66 bits per heavy atom. The highest BCUT2D eigenvalue weighted by Gasteiger charge is 2.45. The molecule has 1 fully saturated rings. The van der Waals surface area contributed by atoms with E-state index in [0.29, 0.717) is 19.0 Å². The third kappa shape index (κ3) is 3.68. The van der Waals surface area contributed by atoms with Crippen LogP contribution < -0.4 is 9.47 Å². The summed E-state index contributed by atoms with van der Waals surface area (Å²) in [5.74, 6) is 1.97. The number of hydrogen-bond donors (Lipinski definition) is 0. The fourth-order valence-corrected chi connectivity index (χ4v) is 3.99. The number of pyridine rings is 1. The van der Waals surface area contributed by atoms with Crippen molar-refractivity contribution in [3.63, 3.8) is 0 Å². The molecule has 2 aliphatic rings. The number of benzene rings is 2. The molecule has 5 nitrogen and oxygen atoms in total. The van der Waals surface area contributed by atoms with Crippen LogP contribution in [0.4, 0.5) is 0 Å². The number of amides is 1. The van der Waals surface area contributed by atoms with Gasteiger partial charge in [-0.1, -0.05) is 48.5 Å². The predicted octanol–water partition coefficient (Wildman–Crippen LogP) is 4.14. The summed E-state index contributed by atoms with van der Waals surface area (Å²) >= 11 is 0. The predicted molar refractivity (Wildman–Crippen MR) is 108 cm³/mol. The molecular formula is C24H22N2O3. The van der Waals surface area contributed by atoms with E-state index in [4.69, 9.17) is 9.47 Å². The molecule has 1 aromatic heterocycles. The highest BCUT2D eigenvalue weighted by atomic mass is 16.7. The van der Waals surface area contributed by atoms with E-state index in [9.17, 15) is 4.79 Å². The van der Waals surface area contributed by atoms with Crippen molar-refractivity contribution in [2.75, 3.05) is 6.79 Å². The Labute approximate surface area is 169 Å². The molecule has 1 saturated carbocycles. The summed E-state index contributed by atoms with van der Waals surface area (Å²) in [4.78, 5) is 19.7. The van der Waals surface area contributed by atoms with E-state index in [1.54, 1.807) is 6.20 Å². The smallest absolute Gasteiger partial charge is 0.231 e. The van der Waals surface area contributed by atoms with Crippen LogP contribution in [-0.2, 0) is 17.9 Å². The standard InChI is InChI=1S/C24H22N2O3/c27-24(21-13-20(21)17-7-2-1-3-8-17)26(15-19-10-4-5-12-25-19)14-18-9-6-11-22-23(18)29-16-28-22/h1-12,20-21H,13-16H2/t20-,21-/m0/s1. The average molecular weight is 386 g/mol. The number of rotatable bonds is 6. The molecule has 0 spiro atoms. The minimum absolute atomic E-state index is 0.0232. The van der Waals surface area contributed by atoms with Crippen molar-refractivity contribution in [1.29, 1.82) is 0 Å². The van der Waals surface area contributed by atoms with Crippen LogP contribution in [0.5, 0.6) is 11.5 Å². The van der Waals surface area contributed by atoms with E-state index in [0.717, 1.165) is 29.2 Å². The van der Waals surface area contributed by atoms with Crippen molar-refractivity contribution >= 4 is 5.91 Å². The van der Waals surface area contributed by atoms with Gasteiger partial charge in [0, 0.05) is 24.2 Å². The third-order valence-corrected chi connectivity index (χ3v) is 5.57. The Morgan fingerprint density at radius 2 is 1.83 bits per heavy atom. The highest BCUT2D eigenvalue weighted by Crippen LogP contribution is 2.49. The molecule has 5 heteroatoms. The SMILES string of the molecule is O=C([C@H]1C[C@H]1c1ccccc1)N(Cc1ccccn1)Cc1cccc2c1OCO2. The molecule has 1 aliphatic heterocycles. The second-order valence-electron chi connectivity index (χ2n) is 7.53. The minimum atomic E-state index is 0.0232. The van der Waals surface area contributed by atoms with E-state index in [2.05, 4.69) is 17.1 Å².